The summed E-state index contributed by atoms with van der Waals surface area (Å²) in [5, 5.41) is 28.0. The molecular formula is C24H40N4O3S. The molecule has 180 valence electrons. The molecule has 0 unspecified atom stereocenters. The van der Waals surface area contributed by atoms with Gasteiger partial charge in [0.1, 0.15) is 5.75 Å². The Kier molecular flexibility index (Phi) is 16.0. The third-order valence-corrected chi connectivity index (χ3v) is 5.64. The van der Waals surface area contributed by atoms with Gasteiger partial charge in [0.2, 0.25) is 0 Å². The molecule has 1 aromatic rings. The largest absolute Gasteiger partial charge is 0.507 e. The van der Waals surface area contributed by atoms with Crippen molar-refractivity contribution in [1.29, 1.82) is 0 Å². The highest BCUT2D eigenvalue weighted by atomic mass is 32.1. The van der Waals surface area contributed by atoms with Crippen LogP contribution in [-0.4, -0.2) is 27.9 Å². The summed E-state index contributed by atoms with van der Waals surface area (Å²) < 4.78 is 0. The second-order valence-electron chi connectivity index (χ2n) is 8.22. The van der Waals surface area contributed by atoms with Crippen molar-refractivity contribution in [2.75, 3.05) is 6.54 Å². The van der Waals surface area contributed by atoms with Crippen LogP contribution in [-0.2, 0) is 0 Å². The number of phenols is 1. The molecule has 0 radical (unpaired) electrons. The normalized spacial score (nSPS) is 11.0. The van der Waals surface area contributed by atoms with Crippen LogP contribution in [0.25, 0.3) is 0 Å². The molecule has 1 aromatic carbocycles. The van der Waals surface area contributed by atoms with Gasteiger partial charge in [0.25, 0.3) is 5.69 Å². The summed E-state index contributed by atoms with van der Waals surface area (Å²) in [4.78, 5) is 10.3. The molecule has 32 heavy (non-hydrogen) atoms. The number of rotatable bonds is 18. The second kappa shape index (κ2) is 18.4. The fourth-order valence-corrected chi connectivity index (χ4v) is 3.64. The minimum atomic E-state index is -0.521. The van der Waals surface area contributed by atoms with Crippen molar-refractivity contribution in [2.24, 2.45) is 5.10 Å². The van der Waals surface area contributed by atoms with Gasteiger partial charge < -0.3 is 10.4 Å². The van der Waals surface area contributed by atoms with Gasteiger partial charge in [0.15, 0.2) is 5.11 Å². The number of unbranched alkanes of at least 4 members (excludes halogenated alkanes) is 13. The predicted molar refractivity (Wildman–Crippen MR) is 136 cm³/mol. The summed E-state index contributed by atoms with van der Waals surface area (Å²) in [5.74, 6) is -0.0811. The molecule has 0 aliphatic carbocycles. The van der Waals surface area contributed by atoms with Gasteiger partial charge in [-0.1, -0.05) is 90.4 Å². The summed E-state index contributed by atoms with van der Waals surface area (Å²) in [6, 6.07) is 3.76. The average Bonchev–Trinajstić information content (AvgIpc) is 2.77. The molecule has 0 atom stereocenters. The maximum absolute atomic E-state index is 10.8. The number of thiocarbonyl (C=S) groups is 1. The Labute approximate surface area is 198 Å². The van der Waals surface area contributed by atoms with Crippen LogP contribution in [0.2, 0.25) is 0 Å². The molecule has 0 aromatic heterocycles. The second-order valence-corrected chi connectivity index (χ2v) is 8.63. The van der Waals surface area contributed by atoms with Crippen LogP contribution in [0.15, 0.2) is 23.3 Å². The Morgan fingerprint density at radius 3 is 2.06 bits per heavy atom. The number of hydrogen-bond acceptors (Lipinski definition) is 5. The number of nitro benzene ring substituents is 1. The number of nitrogens with one attached hydrogen (secondary N) is 2. The fourth-order valence-electron chi connectivity index (χ4n) is 3.48. The highest BCUT2D eigenvalue weighted by Crippen LogP contribution is 2.21. The molecule has 0 amide bonds. The number of phenolic OH excluding ortho intramolecular Hbond substituents is 1. The van der Waals surface area contributed by atoms with E-state index in [2.05, 4.69) is 22.8 Å². The predicted octanol–water partition coefficient (Wildman–Crippen LogP) is 6.58. The van der Waals surface area contributed by atoms with E-state index in [1.54, 1.807) is 0 Å². The van der Waals surface area contributed by atoms with Crippen molar-refractivity contribution in [2.45, 2.75) is 96.8 Å². The van der Waals surface area contributed by atoms with Gasteiger partial charge in [-0.2, -0.15) is 5.10 Å². The van der Waals surface area contributed by atoms with Gasteiger partial charge in [0.05, 0.1) is 11.1 Å². The van der Waals surface area contributed by atoms with E-state index in [0.717, 1.165) is 13.0 Å². The molecule has 0 aliphatic heterocycles. The van der Waals surface area contributed by atoms with Gasteiger partial charge in [-0.25, -0.2) is 0 Å². The van der Waals surface area contributed by atoms with E-state index < -0.39 is 4.92 Å². The maximum atomic E-state index is 10.8. The minimum Gasteiger partial charge on any atom is -0.507 e. The first-order valence-electron chi connectivity index (χ1n) is 12.1. The van der Waals surface area contributed by atoms with Crippen LogP contribution in [0, 0.1) is 10.1 Å². The standard InChI is InChI=1S/C24H40N4O3S/c1-2-3-4-5-6-7-8-9-10-11-12-13-14-15-18-25-24(32)27-26-20-21-19-22(28(30)31)16-17-23(21)29/h16-17,19-20,29H,2-15,18H2,1H3,(H2,25,27,32)/b26-20-. The quantitative estimate of drug-likeness (QED) is 0.0746. The van der Waals surface area contributed by atoms with E-state index in [1.165, 1.54) is 108 Å². The Balaban J connectivity index is 1.97. The van der Waals surface area contributed by atoms with E-state index in [0.29, 0.717) is 5.11 Å². The molecule has 1 rings (SSSR count). The van der Waals surface area contributed by atoms with Gasteiger partial charge in [-0.3, -0.25) is 15.5 Å². The Hall–Kier alpha value is -2.22. The smallest absolute Gasteiger partial charge is 0.270 e. The molecular weight excluding hydrogens is 424 g/mol. The number of aromatic hydroxyl groups is 1. The number of nitrogens with zero attached hydrogens (tertiary/aromatic N) is 2. The molecule has 0 aliphatic rings. The summed E-state index contributed by atoms with van der Waals surface area (Å²) in [5.41, 5.74) is 2.81. The van der Waals surface area contributed by atoms with Crippen molar-refractivity contribution < 1.29 is 10.0 Å². The van der Waals surface area contributed by atoms with E-state index in [-0.39, 0.29) is 17.0 Å². The van der Waals surface area contributed by atoms with Crippen molar-refractivity contribution in [1.82, 2.24) is 10.7 Å². The average molecular weight is 465 g/mol. The highest BCUT2D eigenvalue weighted by Gasteiger charge is 2.08. The minimum absolute atomic E-state index is 0.0811. The lowest BCUT2D eigenvalue weighted by Gasteiger charge is -2.07. The van der Waals surface area contributed by atoms with Gasteiger partial charge in [-0.15, -0.1) is 0 Å². The third kappa shape index (κ3) is 14.0. The monoisotopic (exact) mass is 464 g/mol. The van der Waals surface area contributed by atoms with Gasteiger partial charge >= 0.3 is 0 Å². The van der Waals surface area contributed by atoms with E-state index >= 15 is 0 Å². The Bertz CT molecular complexity index is 698. The molecule has 7 nitrogen and oxygen atoms in total. The maximum Gasteiger partial charge on any atom is 0.270 e. The SMILES string of the molecule is CCCCCCCCCCCCCCCCNC(=S)N/N=C\c1cc([N+](=O)[O-])ccc1O. The fraction of sp³-hybridized carbons (Fsp3) is 0.667. The van der Waals surface area contributed by atoms with Crippen LogP contribution in [0.5, 0.6) is 5.75 Å². The zero-order valence-electron chi connectivity index (χ0n) is 19.5. The molecule has 0 saturated carbocycles. The number of benzene rings is 1. The Morgan fingerprint density at radius 2 is 1.53 bits per heavy atom. The first-order chi connectivity index (χ1) is 15.5. The third-order valence-electron chi connectivity index (χ3n) is 5.41. The number of non-ortho nitro benzene ring substituents is 1. The molecule has 8 heteroatoms. The van der Waals surface area contributed by atoms with Crippen LogP contribution in [0.1, 0.15) is 102 Å². The summed E-state index contributed by atoms with van der Waals surface area (Å²) in [7, 11) is 0. The number of hydrazone groups is 1. The molecule has 0 heterocycles. The van der Waals surface area contributed by atoms with Crippen LogP contribution in [0.4, 0.5) is 5.69 Å². The summed E-state index contributed by atoms with van der Waals surface area (Å²) in [6.07, 6.45) is 19.9. The topological polar surface area (TPSA) is 99.8 Å². The lowest BCUT2D eigenvalue weighted by Crippen LogP contribution is -2.32. The molecule has 0 saturated heterocycles. The lowest BCUT2D eigenvalue weighted by molar-refractivity contribution is -0.384. The molecule has 3 N–H and O–H groups in total. The Morgan fingerprint density at radius 1 is 1.00 bits per heavy atom. The highest BCUT2D eigenvalue weighted by molar-refractivity contribution is 7.80. The van der Waals surface area contributed by atoms with Gasteiger partial charge in [-0.05, 0) is 24.7 Å². The van der Waals surface area contributed by atoms with Crippen molar-refractivity contribution in [3.8, 4) is 5.75 Å². The van der Waals surface area contributed by atoms with Crippen LogP contribution >= 0.6 is 12.2 Å². The van der Waals surface area contributed by atoms with E-state index in [9.17, 15) is 15.2 Å². The lowest BCUT2D eigenvalue weighted by atomic mass is 10.0. The van der Waals surface area contributed by atoms with Gasteiger partial charge in [0, 0.05) is 24.2 Å². The van der Waals surface area contributed by atoms with Crippen molar-refractivity contribution in [3.05, 3.63) is 33.9 Å². The number of hydrogen-bond donors (Lipinski definition) is 3. The number of nitro groups is 1. The first-order valence-corrected chi connectivity index (χ1v) is 12.5. The van der Waals surface area contributed by atoms with Crippen LogP contribution < -0.4 is 10.7 Å². The van der Waals surface area contributed by atoms with Crippen molar-refractivity contribution >= 4 is 29.2 Å². The summed E-state index contributed by atoms with van der Waals surface area (Å²) >= 11 is 5.16. The zero-order chi connectivity index (χ0) is 23.4. The molecule has 0 fully saturated rings. The molecule has 0 spiro atoms. The molecule has 0 bridgehead atoms. The van der Waals surface area contributed by atoms with Crippen molar-refractivity contribution in [3.63, 3.8) is 0 Å². The summed E-state index contributed by atoms with van der Waals surface area (Å²) in [6.45, 7) is 3.04. The van der Waals surface area contributed by atoms with E-state index in [1.807, 2.05) is 0 Å². The van der Waals surface area contributed by atoms with Crippen LogP contribution in [0.3, 0.4) is 0 Å². The zero-order valence-corrected chi connectivity index (χ0v) is 20.3. The first kappa shape index (κ1) is 27.8. The van der Waals surface area contributed by atoms with E-state index in [4.69, 9.17) is 12.2 Å².